The summed E-state index contributed by atoms with van der Waals surface area (Å²) >= 11 is 0. The van der Waals surface area contributed by atoms with Gasteiger partial charge in [0, 0.05) is 43.6 Å². The van der Waals surface area contributed by atoms with Crippen molar-refractivity contribution >= 4 is 11.6 Å². The molecule has 5 nitrogen and oxygen atoms in total. The number of benzene rings is 1. The van der Waals surface area contributed by atoms with Crippen LogP contribution in [0.4, 0.5) is 16.0 Å². The molecule has 1 aromatic carbocycles. The van der Waals surface area contributed by atoms with Crippen molar-refractivity contribution in [1.82, 2.24) is 9.97 Å². The van der Waals surface area contributed by atoms with E-state index in [1.54, 1.807) is 18.2 Å². The van der Waals surface area contributed by atoms with E-state index < -0.39 is 0 Å². The molecule has 0 unspecified atom stereocenters. The average Bonchev–Trinajstić information content (AvgIpc) is 2.60. The Hall–Kier alpha value is -2.37. The summed E-state index contributed by atoms with van der Waals surface area (Å²) in [5.41, 5.74) is 1.78. The quantitative estimate of drug-likeness (QED) is 0.906. The highest BCUT2D eigenvalue weighted by molar-refractivity contribution is 5.48. The van der Waals surface area contributed by atoms with Crippen LogP contribution in [0.2, 0.25) is 0 Å². The number of hydrogen-bond acceptors (Lipinski definition) is 4. The SMILES string of the molecule is CC(C)CCc1cc(=O)[nH]c(N2CCN(c3ccc(F)cc3)CC2)n1. The number of anilines is 2. The maximum Gasteiger partial charge on any atom is 0.252 e. The molecular formula is C19H25FN4O. The lowest BCUT2D eigenvalue weighted by atomic mass is 10.1. The Morgan fingerprint density at radius 2 is 1.76 bits per heavy atom. The predicted octanol–water partition coefficient (Wildman–Crippen LogP) is 2.82. The van der Waals surface area contributed by atoms with E-state index in [1.807, 2.05) is 0 Å². The fourth-order valence-electron chi connectivity index (χ4n) is 3.04. The minimum atomic E-state index is -0.220. The van der Waals surface area contributed by atoms with Gasteiger partial charge in [-0.1, -0.05) is 13.8 Å². The zero-order valence-electron chi connectivity index (χ0n) is 14.8. The predicted molar refractivity (Wildman–Crippen MR) is 98.8 cm³/mol. The second kappa shape index (κ2) is 7.68. The third-order valence-corrected chi connectivity index (χ3v) is 4.53. The van der Waals surface area contributed by atoms with Crippen molar-refractivity contribution in [3.05, 3.63) is 52.2 Å². The van der Waals surface area contributed by atoms with Gasteiger partial charge in [-0.3, -0.25) is 9.78 Å². The molecule has 0 saturated carbocycles. The molecule has 1 aliphatic rings. The van der Waals surface area contributed by atoms with Crippen LogP contribution in [0.15, 0.2) is 35.1 Å². The summed E-state index contributed by atoms with van der Waals surface area (Å²) in [6.07, 6.45) is 1.85. The minimum absolute atomic E-state index is 0.0929. The Morgan fingerprint density at radius 1 is 1.12 bits per heavy atom. The molecule has 1 N–H and O–H groups in total. The monoisotopic (exact) mass is 344 g/mol. The molecule has 0 aliphatic carbocycles. The van der Waals surface area contributed by atoms with Gasteiger partial charge in [-0.15, -0.1) is 0 Å². The Bertz CT molecular complexity index is 749. The van der Waals surface area contributed by atoms with E-state index in [9.17, 15) is 9.18 Å². The fourth-order valence-corrected chi connectivity index (χ4v) is 3.04. The summed E-state index contributed by atoms with van der Waals surface area (Å²) in [6.45, 7) is 7.50. The number of aryl methyl sites for hydroxylation is 1. The number of piperazine rings is 1. The van der Waals surface area contributed by atoms with Gasteiger partial charge in [-0.25, -0.2) is 9.37 Å². The molecule has 6 heteroatoms. The first-order valence-corrected chi connectivity index (χ1v) is 8.87. The molecule has 2 aromatic rings. The van der Waals surface area contributed by atoms with Gasteiger partial charge in [0.15, 0.2) is 0 Å². The molecule has 2 heterocycles. The van der Waals surface area contributed by atoms with Gasteiger partial charge < -0.3 is 9.80 Å². The standard InChI is InChI=1S/C19H25FN4O/c1-14(2)3-6-16-13-18(25)22-19(21-16)24-11-9-23(10-12-24)17-7-4-15(20)5-8-17/h4-5,7-8,13-14H,3,6,9-12H2,1-2H3,(H,21,22,25). The van der Waals surface area contributed by atoms with Crippen LogP contribution in [-0.2, 0) is 6.42 Å². The highest BCUT2D eigenvalue weighted by Crippen LogP contribution is 2.18. The van der Waals surface area contributed by atoms with Crippen molar-refractivity contribution in [3.8, 4) is 0 Å². The summed E-state index contributed by atoms with van der Waals surface area (Å²) in [4.78, 5) is 23.8. The fraction of sp³-hybridized carbons (Fsp3) is 0.474. The van der Waals surface area contributed by atoms with Gasteiger partial charge in [-0.05, 0) is 43.0 Å². The van der Waals surface area contributed by atoms with Gasteiger partial charge in [-0.2, -0.15) is 0 Å². The van der Waals surface area contributed by atoms with Crippen LogP contribution < -0.4 is 15.4 Å². The van der Waals surface area contributed by atoms with Crippen LogP contribution in [0.1, 0.15) is 26.0 Å². The summed E-state index contributed by atoms with van der Waals surface area (Å²) in [6, 6.07) is 8.17. The van der Waals surface area contributed by atoms with Crippen LogP contribution >= 0.6 is 0 Å². The second-order valence-electron chi connectivity index (χ2n) is 6.94. The Morgan fingerprint density at radius 3 is 2.40 bits per heavy atom. The molecule has 0 radical (unpaired) electrons. The largest absolute Gasteiger partial charge is 0.368 e. The van der Waals surface area contributed by atoms with Crippen molar-refractivity contribution in [3.63, 3.8) is 0 Å². The van der Waals surface area contributed by atoms with Gasteiger partial charge >= 0.3 is 0 Å². The van der Waals surface area contributed by atoms with E-state index in [0.29, 0.717) is 11.9 Å². The average molecular weight is 344 g/mol. The van der Waals surface area contributed by atoms with E-state index in [4.69, 9.17) is 0 Å². The number of hydrogen-bond donors (Lipinski definition) is 1. The maximum atomic E-state index is 13.1. The molecule has 25 heavy (non-hydrogen) atoms. The smallest absolute Gasteiger partial charge is 0.252 e. The molecule has 1 aromatic heterocycles. The van der Waals surface area contributed by atoms with Crippen molar-refractivity contribution in [1.29, 1.82) is 0 Å². The first kappa shape index (κ1) is 17.5. The van der Waals surface area contributed by atoms with E-state index in [2.05, 4.69) is 33.6 Å². The summed E-state index contributed by atoms with van der Waals surface area (Å²) in [7, 11) is 0. The zero-order valence-corrected chi connectivity index (χ0v) is 14.8. The number of aromatic nitrogens is 2. The normalized spacial score (nSPS) is 15.0. The van der Waals surface area contributed by atoms with Gasteiger partial charge in [0.2, 0.25) is 5.95 Å². The molecule has 0 bridgehead atoms. The third-order valence-electron chi connectivity index (χ3n) is 4.53. The van der Waals surface area contributed by atoms with Gasteiger partial charge in [0.1, 0.15) is 5.82 Å². The first-order chi connectivity index (χ1) is 12.0. The lowest BCUT2D eigenvalue weighted by Crippen LogP contribution is -2.47. The van der Waals surface area contributed by atoms with Crippen molar-refractivity contribution in [2.75, 3.05) is 36.0 Å². The zero-order chi connectivity index (χ0) is 17.8. The lowest BCUT2D eigenvalue weighted by Gasteiger charge is -2.36. The van der Waals surface area contributed by atoms with E-state index in [1.165, 1.54) is 12.1 Å². The van der Waals surface area contributed by atoms with Crippen LogP contribution in [-0.4, -0.2) is 36.1 Å². The maximum absolute atomic E-state index is 13.1. The third kappa shape index (κ3) is 4.59. The Balaban J connectivity index is 1.66. The van der Waals surface area contributed by atoms with Crippen LogP contribution in [0.5, 0.6) is 0 Å². The molecule has 0 amide bonds. The molecule has 134 valence electrons. The van der Waals surface area contributed by atoms with Crippen LogP contribution in [0.3, 0.4) is 0 Å². The summed E-state index contributed by atoms with van der Waals surface area (Å²) in [5.74, 6) is 1.02. The molecule has 3 rings (SSSR count). The van der Waals surface area contributed by atoms with Crippen molar-refractivity contribution in [2.45, 2.75) is 26.7 Å². The minimum Gasteiger partial charge on any atom is -0.368 e. The highest BCUT2D eigenvalue weighted by atomic mass is 19.1. The summed E-state index contributed by atoms with van der Waals surface area (Å²) < 4.78 is 13.1. The number of aromatic amines is 1. The molecule has 1 saturated heterocycles. The van der Waals surface area contributed by atoms with E-state index in [-0.39, 0.29) is 11.4 Å². The van der Waals surface area contributed by atoms with Crippen molar-refractivity contribution < 1.29 is 4.39 Å². The first-order valence-electron chi connectivity index (χ1n) is 8.87. The number of nitrogens with zero attached hydrogens (tertiary/aromatic N) is 3. The second-order valence-corrected chi connectivity index (χ2v) is 6.94. The molecular weight excluding hydrogens is 319 g/mol. The van der Waals surface area contributed by atoms with Crippen molar-refractivity contribution in [2.24, 2.45) is 5.92 Å². The molecule has 1 fully saturated rings. The summed E-state index contributed by atoms with van der Waals surface area (Å²) in [5, 5.41) is 0. The number of rotatable bonds is 5. The topological polar surface area (TPSA) is 52.2 Å². The highest BCUT2D eigenvalue weighted by Gasteiger charge is 2.19. The number of H-pyrrole nitrogens is 1. The number of halogens is 1. The number of nitrogens with one attached hydrogen (secondary N) is 1. The van der Waals surface area contributed by atoms with Crippen LogP contribution in [0, 0.1) is 11.7 Å². The lowest BCUT2D eigenvalue weighted by molar-refractivity contribution is 0.578. The molecule has 0 atom stereocenters. The molecule has 0 spiro atoms. The molecule has 1 aliphatic heterocycles. The Kier molecular flexibility index (Phi) is 5.36. The van der Waals surface area contributed by atoms with Gasteiger partial charge in [0.05, 0.1) is 0 Å². The van der Waals surface area contributed by atoms with E-state index in [0.717, 1.165) is 50.4 Å². The van der Waals surface area contributed by atoms with Crippen LogP contribution in [0.25, 0.3) is 0 Å². The van der Waals surface area contributed by atoms with E-state index >= 15 is 0 Å². The van der Waals surface area contributed by atoms with Gasteiger partial charge in [0.25, 0.3) is 5.56 Å². The Labute approximate surface area is 147 Å².